The summed E-state index contributed by atoms with van der Waals surface area (Å²) >= 11 is 6.29. The van der Waals surface area contributed by atoms with Crippen LogP contribution in [-0.2, 0) is 14.8 Å². The molecule has 9 heteroatoms. The summed E-state index contributed by atoms with van der Waals surface area (Å²) in [5, 5.41) is 2.90. The maximum absolute atomic E-state index is 13.5. The zero-order valence-electron chi connectivity index (χ0n) is 17.8. The molecule has 0 atom stereocenters. The van der Waals surface area contributed by atoms with Crippen molar-refractivity contribution in [3.05, 3.63) is 77.3 Å². The van der Waals surface area contributed by atoms with Gasteiger partial charge < -0.3 is 14.8 Å². The maximum atomic E-state index is 13.5. The highest BCUT2D eigenvalue weighted by atomic mass is 35.5. The normalized spacial score (nSPS) is 11.0. The fourth-order valence-electron chi connectivity index (χ4n) is 3.02. The summed E-state index contributed by atoms with van der Waals surface area (Å²) in [5.41, 5.74) is 1.46. The lowest BCUT2D eigenvalue weighted by Gasteiger charge is -2.25. The van der Waals surface area contributed by atoms with Gasteiger partial charge in [0.2, 0.25) is 5.91 Å². The molecule has 1 amide bonds. The number of para-hydroxylation sites is 1. The Morgan fingerprint density at radius 1 is 1.00 bits per heavy atom. The van der Waals surface area contributed by atoms with Crippen LogP contribution in [0.25, 0.3) is 0 Å². The monoisotopic (exact) mass is 474 g/mol. The zero-order chi connectivity index (χ0) is 23.3. The molecule has 3 rings (SSSR count). The first-order valence-electron chi connectivity index (χ1n) is 9.62. The molecule has 0 aliphatic carbocycles. The average Bonchev–Trinajstić information content (AvgIpc) is 2.78. The van der Waals surface area contributed by atoms with Gasteiger partial charge in [-0.2, -0.15) is 0 Å². The molecule has 0 bridgehead atoms. The molecule has 3 aromatic carbocycles. The van der Waals surface area contributed by atoms with E-state index in [1.54, 1.807) is 54.6 Å². The van der Waals surface area contributed by atoms with Crippen LogP contribution in [0.15, 0.2) is 71.6 Å². The predicted molar refractivity (Wildman–Crippen MR) is 125 cm³/mol. The molecule has 0 spiro atoms. The summed E-state index contributed by atoms with van der Waals surface area (Å²) in [4.78, 5) is 13.0. The van der Waals surface area contributed by atoms with Gasteiger partial charge in [0.1, 0.15) is 18.0 Å². The summed E-state index contributed by atoms with van der Waals surface area (Å²) in [5.74, 6) is 0.341. The van der Waals surface area contributed by atoms with E-state index in [1.807, 2.05) is 6.92 Å². The Morgan fingerprint density at radius 3 is 2.31 bits per heavy atom. The van der Waals surface area contributed by atoms with Crippen molar-refractivity contribution in [3.8, 4) is 11.5 Å². The number of methoxy groups -OCH3 is 2. The first kappa shape index (κ1) is 23.4. The summed E-state index contributed by atoms with van der Waals surface area (Å²) in [6.07, 6.45) is 0. The van der Waals surface area contributed by atoms with Gasteiger partial charge in [-0.25, -0.2) is 8.42 Å². The highest BCUT2D eigenvalue weighted by Crippen LogP contribution is 2.32. The van der Waals surface area contributed by atoms with Crippen molar-refractivity contribution in [1.82, 2.24) is 0 Å². The molecule has 0 saturated carbocycles. The molecule has 32 heavy (non-hydrogen) atoms. The second-order valence-electron chi connectivity index (χ2n) is 6.89. The number of hydrogen-bond donors (Lipinski definition) is 1. The number of aryl methyl sites for hydroxylation is 1. The van der Waals surface area contributed by atoms with Crippen LogP contribution in [0.3, 0.4) is 0 Å². The van der Waals surface area contributed by atoms with Crippen molar-refractivity contribution >= 4 is 38.9 Å². The number of amides is 1. The smallest absolute Gasteiger partial charge is 0.264 e. The fourth-order valence-corrected chi connectivity index (χ4v) is 4.75. The average molecular weight is 475 g/mol. The predicted octanol–water partition coefficient (Wildman–Crippen LogP) is 4.50. The van der Waals surface area contributed by atoms with Crippen LogP contribution in [0.4, 0.5) is 11.4 Å². The van der Waals surface area contributed by atoms with E-state index in [4.69, 9.17) is 21.1 Å². The van der Waals surface area contributed by atoms with Gasteiger partial charge in [0.25, 0.3) is 10.0 Å². The number of carbonyl (C=O) groups is 1. The van der Waals surface area contributed by atoms with Crippen LogP contribution in [0, 0.1) is 6.92 Å². The lowest BCUT2D eigenvalue weighted by Crippen LogP contribution is -2.38. The quantitative estimate of drug-likeness (QED) is 0.519. The van der Waals surface area contributed by atoms with E-state index in [2.05, 4.69) is 5.32 Å². The van der Waals surface area contributed by atoms with E-state index in [0.717, 1.165) is 9.87 Å². The Morgan fingerprint density at radius 2 is 1.69 bits per heavy atom. The van der Waals surface area contributed by atoms with Gasteiger partial charge in [-0.1, -0.05) is 41.4 Å². The molecule has 0 fully saturated rings. The van der Waals surface area contributed by atoms with Crippen molar-refractivity contribution in [1.29, 1.82) is 0 Å². The van der Waals surface area contributed by atoms with E-state index >= 15 is 0 Å². The Kier molecular flexibility index (Phi) is 7.27. The number of halogens is 1. The molecule has 7 nitrogen and oxygen atoms in total. The van der Waals surface area contributed by atoms with Crippen LogP contribution in [0.5, 0.6) is 11.5 Å². The first-order valence-corrected chi connectivity index (χ1v) is 11.4. The number of hydrogen-bond acceptors (Lipinski definition) is 5. The lowest BCUT2D eigenvalue weighted by molar-refractivity contribution is -0.114. The van der Waals surface area contributed by atoms with Crippen LogP contribution >= 0.6 is 11.6 Å². The minimum Gasteiger partial charge on any atom is -0.497 e. The number of anilines is 2. The Balaban J connectivity index is 1.98. The third kappa shape index (κ3) is 5.15. The maximum Gasteiger partial charge on any atom is 0.264 e. The molecule has 0 radical (unpaired) electrons. The highest BCUT2D eigenvalue weighted by Gasteiger charge is 2.29. The van der Waals surface area contributed by atoms with Crippen molar-refractivity contribution in [2.75, 3.05) is 30.4 Å². The molecule has 3 aromatic rings. The number of sulfonamides is 1. The molecule has 0 saturated heterocycles. The minimum absolute atomic E-state index is 0.0507. The molecule has 0 aliphatic rings. The van der Waals surface area contributed by atoms with Crippen LogP contribution in [0.2, 0.25) is 5.02 Å². The Hall–Kier alpha value is -3.23. The number of nitrogens with one attached hydrogen (secondary N) is 1. The van der Waals surface area contributed by atoms with Gasteiger partial charge in [0, 0.05) is 6.07 Å². The summed E-state index contributed by atoms with van der Waals surface area (Å²) in [7, 11) is -1.11. The van der Waals surface area contributed by atoms with Gasteiger partial charge >= 0.3 is 0 Å². The number of carbonyl (C=O) groups excluding carboxylic acids is 1. The van der Waals surface area contributed by atoms with Crippen molar-refractivity contribution in [3.63, 3.8) is 0 Å². The van der Waals surface area contributed by atoms with Gasteiger partial charge in [0.15, 0.2) is 0 Å². The topological polar surface area (TPSA) is 84.9 Å². The fraction of sp³-hybridized carbons (Fsp3) is 0.174. The number of benzene rings is 3. The Bertz CT molecular complexity index is 1210. The lowest BCUT2D eigenvalue weighted by atomic mass is 10.2. The molecule has 0 aromatic heterocycles. The highest BCUT2D eigenvalue weighted by molar-refractivity contribution is 7.92. The van der Waals surface area contributed by atoms with Crippen LogP contribution < -0.4 is 19.1 Å². The van der Waals surface area contributed by atoms with Crippen LogP contribution in [0.1, 0.15) is 5.56 Å². The second-order valence-corrected chi connectivity index (χ2v) is 9.16. The van der Waals surface area contributed by atoms with E-state index in [1.165, 1.54) is 26.4 Å². The largest absolute Gasteiger partial charge is 0.497 e. The summed E-state index contributed by atoms with van der Waals surface area (Å²) in [6.45, 7) is 1.36. The second kappa shape index (κ2) is 9.93. The molecule has 0 aliphatic heterocycles. The standard InChI is InChI=1S/C23H23ClN2O5S/c1-16-8-11-18(12-9-16)32(28,29)26(21-7-5-4-6-19(21)24)15-23(27)25-20-14-17(30-2)10-13-22(20)31-3/h4-14H,15H2,1-3H3,(H,25,27). The molecule has 1 N–H and O–H groups in total. The Labute approximate surface area is 192 Å². The molecular formula is C23H23ClN2O5S. The van der Waals surface area contributed by atoms with Gasteiger partial charge in [0.05, 0.1) is 35.5 Å². The minimum atomic E-state index is -4.08. The number of nitrogens with zero attached hydrogens (tertiary/aromatic N) is 1. The van der Waals surface area contributed by atoms with Crippen LogP contribution in [-0.4, -0.2) is 35.1 Å². The molecular weight excluding hydrogens is 452 g/mol. The SMILES string of the molecule is COc1ccc(OC)c(NC(=O)CN(c2ccccc2Cl)S(=O)(=O)c2ccc(C)cc2)c1. The van der Waals surface area contributed by atoms with Gasteiger partial charge in [-0.3, -0.25) is 9.10 Å². The van der Waals surface area contributed by atoms with E-state index in [0.29, 0.717) is 17.2 Å². The molecule has 168 valence electrons. The first-order chi connectivity index (χ1) is 15.3. The van der Waals surface area contributed by atoms with Gasteiger partial charge in [-0.15, -0.1) is 0 Å². The number of ether oxygens (including phenoxy) is 2. The van der Waals surface area contributed by atoms with E-state index in [-0.39, 0.29) is 15.6 Å². The van der Waals surface area contributed by atoms with Crippen molar-refractivity contribution < 1.29 is 22.7 Å². The third-order valence-electron chi connectivity index (χ3n) is 4.70. The molecule has 0 heterocycles. The molecule has 0 unspecified atom stereocenters. The zero-order valence-corrected chi connectivity index (χ0v) is 19.4. The number of rotatable bonds is 8. The summed E-state index contributed by atoms with van der Waals surface area (Å²) < 4.78 is 38.4. The summed E-state index contributed by atoms with van der Waals surface area (Å²) in [6, 6.07) is 17.8. The van der Waals surface area contributed by atoms with Gasteiger partial charge in [-0.05, 0) is 43.3 Å². The van der Waals surface area contributed by atoms with Crippen molar-refractivity contribution in [2.24, 2.45) is 0 Å². The third-order valence-corrected chi connectivity index (χ3v) is 6.79. The van der Waals surface area contributed by atoms with E-state index in [9.17, 15) is 13.2 Å². The van der Waals surface area contributed by atoms with E-state index < -0.39 is 22.5 Å². The van der Waals surface area contributed by atoms with Crippen molar-refractivity contribution in [2.45, 2.75) is 11.8 Å².